The number of aliphatic hydroxyl groups is 2. The number of hydrogen-bond donors (Lipinski definition) is 5. The van der Waals surface area contributed by atoms with Gasteiger partial charge in [0.2, 0.25) is 10.0 Å². The molecule has 1 saturated heterocycles. The van der Waals surface area contributed by atoms with Gasteiger partial charge in [0.15, 0.2) is 17.6 Å². The van der Waals surface area contributed by atoms with Gasteiger partial charge < -0.3 is 25.4 Å². The van der Waals surface area contributed by atoms with Gasteiger partial charge in [0.05, 0.1) is 21.5 Å². The number of carbonyl (C=O) groups is 1. The molecule has 1 saturated carbocycles. The van der Waals surface area contributed by atoms with E-state index in [0.29, 0.717) is 24.3 Å². The number of aliphatic hydroxyl groups excluding tert-OH is 1. The van der Waals surface area contributed by atoms with Crippen molar-refractivity contribution in [3.63, 3.8) is 0 Å². The molecule has 2 aliphatic heterocycles. The number of likely N-dealkylation sites (tertiary alicyclic amines) is 1. The van der Waals surface area contributed by atoms with E-state index in [-0.39, 0.29) is 46.7 Å². The Morgan fingerprint density at radius 1 is 1.15 bits per heavy atom. The van der Waals surface area contributed by atoms with Gasteiger partial charge in [-0.1, -0.05) is 18.2 Å². The minimum atomic E-state index is -3.83. The molecule has 1 amide bonds. The monoisotopic (exact) mass is 553 g/mol. The van der Waals surface area contributed by atoms with Gasteiger partial charge >= 0.3 is 0 Å². The second kappa shape index (κ2) is 8.20. The lowest BCUT2D eigenvalue weighted by atomic mass is 9.49. The van der Waals surface area contributed by atoms with Crippen molar-refractivity contribution in [2.75, 3.05) is 13.1 Å². The number of sulfonamides is 1. The molecule has 3 aliphatic carbocycles. The highest BCUT2D eigenvalue weighted by atomic mass is 32.2. The zero-order valence-electron chi connectivity index (χ0n) is 21.3. The first kappa shape index (κ1) is 24.9. The maximum atomic E-state index is 13.5. The average Bonchev–Trinajstić information content (AvgIpc) is 3.64. The van der Waals surface area contributed by atoms with Crippen LogP contribution in [-0.4, -0.2) is 65.4 Å². The third-order valence-corrected chi connectivity index (χ3v) is 10.4. The molecular formula is C28H31N3O7S. The van der Waals surface area contributed by atoms with E-state index in [9.17, 15) is 28.5 Å². The van der Waals surface area contributed by atoms with E-state index >= 15 is 0 Å². The van der Waals surface area contributed by atoms with Crippen molar-refractivity contribution in [2.45, 2.75) is 66.7 Å². The van der Waals surface area contributed by atoms with Gasteiger partial charge in [0.25, 0.3) is 5.91 Å². The Bertz CT molecular complexity index is 1530. The van der Waals surface area contributed by atoms with Gasteiger partial charge in [0.1, 0.15) is 5.76 Å². The summed E-state index contributed by atoms with van der Waals surface area (Å²) in [5.74, 6) is 0.104. The van der Waals surface area contributed by atoms with Gasteiger partial charge in [-0.25, -0.2) is 13.6 Å². The van der Waals surface area contributed by atoms with Crippen molar-refractivity contribution in [1.82, 2.24) is 10.2 Å². The molecule has 0 aromatic heterocycles. The highest BCUT2D eigenvalue weighted by Crippen LogP contribution is 2.66. The largest absolute Gasteiger partial charge is 0.508 e. The second-order valence-electron chi connectivity index (χ2n) is 11.7. The van der Waals surface area contributed by atoms with Crippen LogP contribution in [0.5, 0.6) is 11.5 Å². The normalized spacial score (nSPS) is 31.0. The molecule has 206 valence electrons. The number of phenols is 1. The third kappa shape index (κ3) is 3.49. The predicted molar refractivity (Wildman–Crippen MR) is 139 cm³/mol. The Balaban J connectivity index is 1.24. The van der Waals surface area contributed by atoms with Crippen molar-refractivity contribution in [2.24, 2.45) is 11.1 Å². The lowest BCUT2D eigenvalue weighted by molar-refractivity contribution is -0.172. The Morgan fingerprint density at radius 2 is 1.90 bits per heavy atom. The van der Waals surface area contributed by atoms with Gasteiger partial charge in [-0.05, 0) is 67.5 Å². The summed E-state index contributed by atoms with van der Waals surface area (Å²) in [6.07, 6.45) is 2.43. The first-order valence-corrected chi connectivity index (χ1v) is 14.9. The number of hydrogen-bond acceptors (Lipinski definition) is 8. The molecule has 11 heteroatoms. The fourth-order valence-corrected chi connectivity index (χ4v) is 7.97. The number of benzene rings is 2. The summed E-state index contributed by atoms with van der Waals surface area (Å²) >= 11 is 0. The van der Waals surface area contributed by atoms with Crippen LogP contribution in [0.25, 0.3) is 0 Å². The summed E-state index contributed by atoms with van der Waals surface area (Å²) in [5, 5.41) is 42.7. The fourth-order valence-electron chi connectivity index (χ4n) is 7.45. The maximum Gasteiger partial charge on any atom is 0.251 e. The quantitative estimate of drug-likeness (QED) is 0.358. The molecule has 7 rings (SSSR count). The van der Waals surface area contributed by atoms with Gasteiger partial charge in [-0.15, -0.1) is 0 Å². The molecule has 5 aliphatic rings. The molecule has 0 radical (unpaired) electrons. The molecule has 1 spiro atoms. The maximum absolute atomic E-state index is 13.5. The third-order valence-electron chi connectivity index (χ3n) is 9.50. The van der Waals surface area contributed by atoms with E-state index in [0.717, 1.165) is 24.2 Å². The van der Waals surface area contributed by atoms with E-state index in [2.05, 4.69) is 10.2 Å². The Kier molecular flexibility index (Phi) is 5.23. The van der Waals surface area contributed by atoms with E-state index in [1.807, 2.05) is 6.07 Å². The highest BCUT2D eigenvalue weighted by Gasteiger charge is 2.73. The summed E-state index contributed by atoms with van der Waals surface area (Å²) in [7, 11) is -3.83. The summed E-state index contributed by atoms with van der Waals surface area (Å²) in [5.41, 5.74) is 0.130. The predicted octanol–water partition coefficient (Wildman–Crippen LogP) is 1.34. The molecule has 2 fully saturated rings. The van der Waals surface area contributed by atoms with Crippen LogP contribution in [0.2, 0.25) is 0 Å². The Labute approximate surface area is 226 Å². The Morgan fingerprint density at radius 3 is 2.59 bits per heavy atom. The summed E-state index contributed by atoms with van der Waals surface area (Å²) < 4.78 is 29.3. The highest BCUT2D eigenvalue weighted by molar-refractivity contribution is 7.89. The zero-order valence-corrected chi connectivity index (χ0v) is 22.1. The van der Waals surface area contributed by atoms with E-state index in [4.69, 9.17) is 9.88 Å². The molecule has 10 nitrogen and oxygen atoms in total. The summed E-state index contributed by atoms with van der Waals surface area (Å²) in [4.78, 5) is 15.8. The van der Waals surface area contributed by atoms with Crippen LogP contribution in [-0.2, 0) is 33.2 Å². The van der Waals surface area contributed by atoms with Crippen molar-refractivity contribution >= 4 is 15.9 Å². The molecule has 4 atom stereocenters. The number of aromatic hydroxyl groups is 1. The van der Waals surface area contributed by atoms with Crippen LogP contribution < -0.4 is 15.2 Å². The minimum absolute atomic E-state index is 0.0297. The van der Waals surface area contributed by atoms with E-state index < -0.39 is 33.1 Å². The van der Waals surface area contributed by atoms with Crippen LogP contribution in [0, 0.1) is 5.92 Å². The fraction of sp³-hybridized carbons (Fsp3) is 0.464. The lowest BCUT2D eigenvalue weighted by Crippen LogP contribution is -2.75. The number of primary sulfonamides is 1. The number of carbonyl (C=O) groups excluding carboxylic acids is 1. The van der Waals surface area contributed by atoms with Crippen LogP contribution in [0.4, 0.5) is 0 Å². The van der Waals surface area contributed by atoms with Crippen molar-refractivity contribution in [3.05, 3.63) is 64.4 Å². The lowest BCUT2D eigenvalue weighted by Gasteiger charge is -2.62. The van der Waals surface area contributed by atoms with Crippen LogP contribution in [0.15, 0.2) is 52.6 Å². The average molecular weight is 554 g/mol. The smallest absolute Gasteiger partial charge is 0.251 e. The number of nitrogens with two attached hydrogens (primary N) is 1. The Hall–Kier alpha value is -3.12. The number of phenolic OH excluding ortho intramolecular Hbond substituents is 1. The number of amides is 1. The van der Waals surface area contributed by atoms with Crippen molar-refractivity contribution < 1.29 is 33.3 Å². The van der Waals surface area contributed by atoms with Gasteiger partial charge in [-0.2, -0.15) is 0 Å². The molecular weight excluding hydrogens is 522 g/mol. The molecule has 6 N–H and O–H groups in total. The number of piperidine rings is 1. The van der Waals surface area contributed by atoms with Gasteiger partial charge in [0, 0.05) is 31.1 Å². The minimum Gasteiger partial charge on any atom is -0.508 e. The number of nitrogens with zero attached hydrogens (tertiary/aromatic N) is 1. The van der Waals surface area contributed by atoms with Crippen molar-refractivity contribution in [3.8, 4) is 11.5 Å². The molecule has 0 unspecified atom stereocenters. The van der Waals surface area contributed by atoms with Crippen LogP contribution in [0.3, 0.4) is 0 Å². The van der Waals surface area contributed by atoms with Crippen LogP contribution in [0.1, 0.15) is 42.4 Å². The zero-order chi connectivity index (χ0) is 27.3. The van der Waals surface area contributed by atoms with Crippen LogP contribution >= 0.6 is 0 Å². The molecule has 2 bridgehead atoms. The number of nitrogens with one attached hydrogen (secondary N) is 1. The summed E-state index contributed by atoms with van der Waals surface area (Å²) in [6, 6.07) is 9.07. The first-order valence-electron chi connectivity index (χ1n) is 13.3. The molecule has 2 aromatic carbocycles. The SMILES string of the molecule is NS(=O)(=O)c1ccc(CNC(=O)C2=C(O)[C@@H]3Oc4c(O)ccc5c4[C@@]34CCN(CC3CC3)[C@H](C5)[C@]4(O)C2)cc1. The van der Waals surface area contributed by atoms with E-state index in [1.165, 1.54) is 25.0 Å². The topological polar surface area (TPSA) is 162 Å². The number of ether oxygens (including phenoxy) is 1. The van der Waals surface area contributed by atoms with Gasteiger partial charge in [-0.3, -0.25) is 9.69 Å². The molecule has 2 aromatic rings. The van der Waals surface area contributed by atoms with E-state index in [1.54, 1.807) is 18.2 Å². The summed E-state index contributed by atoms with van der Waals surface area (Å²) in [6.45, 7) is 1.71. The van der Waals surface area contributed by atoms with Crippen molar-refractivity contribution in [1.29, 1.82) is 0 Å². The molecule has 39 heavy (non-hydrogen) atoms. The molecule has 2 heterocycles. The second-order valence-corrected chi connectivity index (χ2v) is 13.2. The first-order chi connectivity index (χ1) is 18.5. The number of rotatable bonds is 6. The standard InChI is InChI=1S/C28H31N3O7S/c29-39(36,37)18-6-3-15(4-7-18)13-30-26(34)19-12-28(35)21-11-17-5-8-20(32)24-22(17)27(28,25(38-24)23(19)33)9-10-31(21)14-16-1-2-16/h3-8,16,21,25,32-33,35H,1-2,9-14H2,(H,30,34)(H2,29,36,37)/t21-,25+,27+,28-/m1/s1.